The fourth-order valence-corrected chi connectivity index (χ4v) is 2.03. The van der Waals surface area contributed by atoms with Crippen LogP contribution in [0, 0.1) is 5.92 Å². The SMILES string of the molecule is CC(C)CCC(=O)Nc1c(Cl)cc(Cl)cc1C(=O)O. The number of amides is 1. The van der Waals surface area contributed by atoms with Crippen molar-refractivity contribution in [1.29, 1.82) is 0 Å². The normalized spacial score (nSPS) is 10.6. The van der Waals surface area contributed by atoms with E-state index in [1.807, 2.05) is 13.8 Å². The first-order valence-electron chi connectivity index (χ1n) is 5.83. The fraction of sp³-hybridized carbons (Fsp3) is 0.385. The van der Waals surface area contributed by atoms with E-state index in [0.29, 0.717) is 12.3 Å². The summed E-state index contributed by atoms with van der Waals surface area (Å²) in [4.78, 5) is 22.8. The predicted molar refractivity (Wildman–Crippen MR) is 76.1 cm³/mol. The molecule has 0 atom stereocenters. The summed E-state index contributed by atoms with van der Waals surface area (Å²) < 4.78 is 0. The van der Waals surface area contributed by atoms with Crippen LogP contribution in [0.2, 0.25) is 10.0 Å². The van der Waals surface area contributed by atoms with Crippen molar-refractivity contribution in [2.45, 2.75) is 26.7 Å². The minimum atomic E-state index is -1.19. The average Bonchev–Trinajstić information content (AvgIpc) is 2.29. The van der Waals surface area contributed by atoms with Gasteiger partial charge in [-0.3, -0.25) is 4.79 Å². The molecule has 0 radical (unpaired) electrons. The summed E-state index contributed by atoms with van der Waals surface area (Å²) in [7, 11) is 0. The lowest BCUT2D eigenvalue weighted by Gasteiger charge is -2.11. The molecule has 6 heteroatoms. The maximum absolute atomic E-state index is 11.7. The second-order valence-corrected chi connectivity index (χ2v) is 5.44. The number of anilines is 1. The zero-order valence-electron chi connectivity index (χ0n) is 10.7. The van der Waals surface area contributed by atoms with Crippen LogP contribution in [0.3, 0.4) is 0 Å². The highest BCUT2D eigenvalue weighted by atomic mass is 35.5. The summed E-state index contributed by atoms with van der Waals surface area (Å²) in [5.41, 5.74) is -0.0253. The fourth-order valence-electron chi connectivity index (χ4n) is 1.49. The number of rotatable bonds is 5. The number of carboxylic acid groups (broad SMARTS) is 1. The van der Waals surface area contributed by atoms with Crippen molar-refractivity contribution in [3.05, 3.63) is 27.7 Å². The molecule has 1 amide bonds. The highest BCUT2D eigenvalue weighted by Gasteiger charge is 2.17. The number of benzene rings is 1. The lowest BCUT2D eigenvalue weighted by Crippen LogP contribution is -2.15. The number of carbonyl (C=O) groups is 2. The molecule has 2 N–H and O–H groups in total. The Bertz CT molecular complexity index is 501. The van der Waals surface area contributed by atoms with Crippen LogP contribution in [0.4, 0.5) is 5.69 Å². The van der Waals surface area contributed by atoms with E-state index < -0.39 is 5.97 Å². The van der Waals surface area contributed by atoms with Crippen LogP contribution in [0.5, 0.6) is 0 Å². The number of halogens is 2. The van der Waals surface area contributed by atoms with Gasteiger partial charge in [-0.1, -0.05) is 37.0 Å². The lowest BCUT2D eigenvalue weighted by atomic mass is 10.1. The molecule has 0 aliphatic carbocycles. The van der Waals surface area contributed by atoms with Crippen molar-refractivity contribution < 1.29 is 14.7 Å². The van der Waals surface area contributed by atoms with Crippen molar-refractivity contribution in [3.8, 4) is 0 Å². The van der Waals surface area contributed by atoms with Crippen LogP contribution < -0.4 is 5.32 Å². The van der Waals surface area contributed by atoms with Crippen molar-refractivity contribution in [2.24, 2.45) is 5.92 Å². The number of carbonyl (C=O) groups excluding carboxylic acids is 1. The van der Waals surface area contributed by atoms with Gasteiger partial charge in [0.2, 0.25) is 5.91 Å². The smallest absolute Gasteiger partial charge is 0.337 e. The molecule has 1 aromatic carbocycles. The Balaban J connectivity index is 2.94. The molecule has 1 rings (SSSR count). The van der Waals surface area contributed by atoms with Gasteiger partial charge < -0.3 is 10.4 Å². The van der Waals surface area contributed by atoms with Gasteiger partial charge in [-0.2, -0.15) is 0 Å². The zero-order valence-corrected chi connectivity index (χ0v) is 12.2. The molecule has 0 aromatic heterocycles. The first-order valence-corrected chi connectivity index (χ1v) is 6.59. The van der Waals surface area contributed by atoms with Crippen LogP contribution in [-0.4, -0.2) is 17.0 Å². The number of carboxylic acids is 1. The molecule has 0 bridgehead atoms. The highest BCUT2D eigenvalue weighted by molar-refractivity contribution is 6.37. The summed E-state index contributed by atoms with van der Waals surface area (Å²) in [6.07, 6.45) is 1.04. The van der Waals surface area contributed by atoms with E-state index in [4.69, 9.17) is 28.3 Å². The first-order chi connectivity index (χ1) is 8.81. The second-order valence-electron chi connectivity index (χ2n) is 4.60. The molecule has 0 saturated heterocycles. The quantitative estimate of drug-likeness (QED) is 0.862. The Kier molecular flexibility index (Phi) is 5.63. The summed E-state index contributed by atoms with van der Waals surface area (Å²) in [6, 6.07) is 2.65. The van der Waals surface area contributed by atoms with Crippen LogP contribution in [0.1, 0.15) is 37.0 Å². The lowest BCUT2D eigenvalue weighted by molar-refractivity contribution is -0.116. The van der Waals surface area contributed by atoms with E-state index in [0.717, 1.165) is 6.42 Å². The minimum absolute atomic E-state index is 0.0901. The maximum Gasteiger partial charge on any atom is 0.337 e. The Hall–Kier alpha value is -1.26. The number of hydrogen-bond acceptors (Lipinski definition) is 2. The van der Waals surface area contributed by atoms with E-state index in [9.17, 15) is 9.59 Å². The van der Waals surface area contributed by atoms with Gasteiger partial charge in [0.05, 0.1) is 16.3 Å². The molecular weight excluding hydrogens is 289 g/mol. The molecule has 19 heavy (non-hydrogen) atoms. The molecule has 0 saturated carbocycles. The van der Waals surface area contributed by atoms with Crippen molar-refractivity contribution >= 4 is 40.8 Å². The summed E-state index contributed by atoms with van der Waals surface area (Å²) in [5, 5.41) is 11.9. The molecule has 0 aliphatic heterocycles. The average molecular weight is 304 g/mol. The molecule has 0 spiro atoms. The van der Waals surface area contributed by atoms with E-state index in [2.05, 4.69) is 5.32 Å². The largest absolute Gasteiger partial charge is 0.478 e. The van der Waals surface area contributed by atoms with Gasteiger partial charge in [0.25, 0.3) is 0 Å². The van der Waals surface area contributed by atoms with E-state index in [-0.39, 0.29) is 27.2 Å². The monoisotopic (exact) mass is 303 g/mol. The van der Waals surface area contributed by atoms with Crippen molar-refractivity contribution in [3.63, 3.8) is 0 Å². The van der Waals surface area contributed by atoms with Gasteiger partial charge in [-0.15, -0.1) is 0 Å². The minimum Gasteiger partial charge on any atom is -0.478 e. The zero-order chi connectivity index (χ0) is 14.6. The van der Waals surface area contributed by atoms with Crippen LogP contribution in [0.15, 0.2) is 12.1 Å². The predicted octanol–water partition coefficient (Wildman–Crippen LogP) is 4.07. The third-order valence-electron chi connectivity index (χ3n) is 2.50. The van der Waals surface area contributed by atoms with Gasteiger partial charge in [-0.05, 0) is 24.5 Å². The number of aromatic carboxylic acids is 1. The Morgan fingerprint density at radius 3 is 2.47 bits per heavy atom. The summed E-state index contributed by atoms with van der Waals surface area (Å²) in [6.45, 7) is 4.01. The van der Waals surface area contributed by atoms with Gasteiger partial charge in [0.15, 0.2) is 0 Å². The van der Waals surface area contributed by atoms with Crippen LogP contribution >= 0.6 is 23.2 Å². The van der Waals surface area contributed by atoms with Crippen molar-refractivity contribution in [1.82, 2.24) is 0 Å². The molecule has 0 heterocycles. The number of nitrogens with one attached hydrogen (secondary N) is 1. The molecule has 0 unspecified atom stereocenters. The second kappa shape index (κ2) is 6.78. The Labute approximate surface area is 121 Å². The van der Waals surface area contributed by atoms with Crippen molar-refractivity contribution in [2.75, 3.05) is 5.32 Å². The maximum atomic E-state index is 11.7. The molecular formula is C13H15Cl2NO3. The Morgan fingerprint density at radius 1 is 1.32 bits per heavy atom. The third kappa shape index (κ3) is 4.73. The highest BCUT2D eigenvalue weighted by Crippen LogP contribution is 2.30. The van der Waals surface area contributed by atoms with Crippen LogP contribution in [0.25, 0.3) is 0 Å². The standard InChI is InChI=1S/C13H15Cl2NO3/c1-7(2)3-4-11(17)16-12-9(13(18)19)5-8(14)6-10(12)15/h5-7H,3-4H2,1-2H3,(H,16,17)(H,18,19). The van der Waals surface area contributed by atoms with Gasteiger partial charge in [0, 0.05) is 11.4 Å². The Morgan fingerprint density at radius 2 is 1.95 bits per heavy atom. The van der Waals surface area contributed by atoms with Gasteiger partial charge in [-0.25, -0.2) is 4.79 Å². The van der Waals surface area contributed by atoms with Crippen LogP contribution in [-0.2, 0) is 4.79 Å². The molecule has 0 fully saturated rings. The van der Waals surface area contributed by atoms with E-state index >= 15 is 0 Å². The number of hydrogen-bond donors (Lipinski definition) is 2. The van der Waals surface area contributed by atoms with Gasteiger partial charge in [0.1, 0.15) is 0 Å². The van der Waals surface area contributed by atoms with Gasteiger partial charge >= 0.3 is 5.97 Å². The van der Waals surface area contributed by atoms with E-state index in [1.165, 1.54) is 12.1 Å². The summed E-state index contributed by atoms with van der Waals surface area (Å²) >= 11 is 11.7. The van der Waals surface area contributed by atoms with E-state index in [1.54, 1.807) is 0 Å². The molecule has 104 valence electrons. The summed E-state index contributed by atoms with van der Waals surface area (Å²) in [5.74, 6) is -1.06. The topological polar surface area (TPSA) is 66.4 Å². The molecule has 1 aromatic rings. The third-order valence-corrected chi connectivity index (χ3v) is 3.01. The molecule has 0 aliphatic rings. The first kappa shape index (κ1) is 15.8. The molecule has 4 nitrogen and oxygen atoms in total.